The van der Waals surface area contributed by atoms with E-state index in [9.17, 15) is 75.0 Å². The van der Waals surface area contributed by atoms with Crippen LogP contribution in [-0.4, -0.2) is 59.4 Å². The summed E-state index contributed by atoms with van der Waals surface area (Å²) < 4.78 is 218. The highest BCUT2D eigenvalue weighted by Crippen LogP contribution is 2.64. The Morgan fingerprint density at radius 3 is 1.27 bits per heavy atom. The van der Waals surface area contributed by atoms with Crippen LogP contribution in [0.15, 0.2) is 0 Å². The van der Waals surface area contributed by atoms with Crippen LogP contribution in [0.25, 0.3) is 0 Å². The third-order valence-corrected chi connectivity index (χ3v) is 4.38. The van der Waals surface area contributed by atoms with E-state index in [0.29, 0.717) is 0 Å². The van der Waals surface area contributed by atoms with Gasteiger partial charge in [-0.3, -0.25) is 4.79 Å². The van der Waals surface area contributed by atoms with Gasteiger partial charge in [-0.1, -0.05) is 6.92 Å². The standard InChI is InChI=1S/C14H11ClF16O2/c1-3-33-6(32)4-5(2)7(16,17)8(18,19)9(20,21)10(22,23)11(24,25)12(26,27)13(28,29)14(15,30)31/h5H,3-4H2,1-2H3. The van der Waals surface area contributed by atoms with Gasteiger partial charge < -0.3 is 4.74 Å². The molecule has 0 aromatic carbocycles. The number of esters is 1. The number of halogens is 17. The van der Waals surface area contributed by atoms with E-state index in [0.717, 1.165) is 6.92 Å². The summed E-state index contributed by atoms with van der Waals surface area (Å²) in [6.07, 6.45) is -1.92. The van der Waals surface area contributed by atoms with Crippen molar-refractivity contribution in [3.8, 4) is 0 Å². The van der Waals surface area contributed by atoms with E-state index in [-0.39, 0.29) is 6.92 Å². The lowest BCUT2D eigenvalue weighted by molar-refractivity contribution is -0.451. The minimum Gasteiger partial charge on any atom is -0.466 e. The van der Waals surface area contributed by atoms with Gasteiger partial charge >= 0.3 is 52.8 Å². The van der Waals surface area contributed by atoms with E-state index in [1.165, 1.54) is 0 Å². The van der Waals surface area contributed by atoms with Crippen LogP contribution in [0.5, 0.6) is 0 Å². The molecule has 0 aliphatic rings. The molecule has 0 spiro atoms. The van der Waals surface area contributed by atoms with Crippen LogP contribution in [0, 0.1) is 5.92 Å². The van der Waals surface area contributed by atoms with Gasteiger partial charge in [0.1, 0.15) is 0 Å². The van der Waals surface area contributed by atoms with Crippen molar-refractivity contribution >= 4 is 17.6 Å². The average molecular weight is 551 g/mol. The second-order valence-corrected chi connectivity index (χ2v) is 6.95. The third-order valence-electron chi connectivity index (χ3n) is 4.14. The molecule has 0 fully saturated rings. The van der Waals surface area contributed by atoms with E-state index >= 15 is 0 Å². The molecular weight excluding hydrogens is 540 g/mol. The molecule has 33 heavy (non-hydrogen) atoms. The van der Waals surface area contributed by atoms with Crippen LogP contribution < -0.4 is 0 Å². The van der Waals surface area contributed by atoms with Gasteiger partial charge in [-0.2, -0.15) is 70.2 Å². The van der Waals surface area contributed by atoms with Gasteiger partial charge in [0.2, 0.25) is 0 Å². The molecule has 0 bridgehead atoms. The molecule has 1 atom stereocenters. The molecule has 2 nitrogen and oxygen atoms in total. The van der Waals surface area contributed by atoms with Crippen LogP contribution in [0.2, 0.25) is 0 Å². The van der Waals surface area contributed by atoms with Crippen LogP contribution in [-0.2, 0) is 9.53 Å². The van der Waals surface area contributed by atoms with E-state index in [1.54, 1.807) is 0 Å². The zero-order valence-electron chi connectivity index (χ0n) is 15.7. The van der Waals surface area contributed by atoms with Crippen molar-refractivity contribution in [1.29, 1.82) is 0 Å². The maximum atomic E-state index is 13.8. The number of carbonyl (C=O) groups excluding carboxylic acids is 1. The minimum absolute atomic E-state index is 0.159. The Labute approximate surface area is 178 Å². The Kier molecular flexibility index (Phi) is 8.34. The van der Waals surface area contributed by atoms with Crippen molar-refractivity contribution in [2.45, 2.75) is 67.1 Å². The van der Waals surface area contributed by atoms with E-state index in [4.69, 9.17) is 0 Å². The monoisotopic (exact) mass is 550 g/mol. The normalized spacial score (nSPS) is 16.6. The molecule has 19 heteroatoms. The Morgan fingerprint density at radius 2 is 0.970 bits per heavy atom. The zero-order valence-corrected chi connectivity index (χ0v) is 16.5. The van der Waals surface area contributed by atoms with E-state index < -0.39 is 71.8 Å². The van der Waals surface area contributed by atoms with Crippen molar-refractivity contribution < 1.29 is 79.8 Å². The highest BCUT2D eigenvalue weighted by Gasteiger charge is 2.95. The Bertz CT molecular complexity index is 714. The number of ether oxygens (including phenoxy) is 1. The quantitative estimate of drug-likeness (QED) is 0.160. The molecule has 1 unspecified atom stereocenters. The van der Waals surface area contributed by atoms with Gasteiger partial charge in [0.15, 0.2) is 0 Å². The fraction of sp³-hybridized carbons (Fsp3) is 0.929. The summed E-state index contributed by atoms with van der Waals surface area (Å²) in [4.78, 5) is 11.0. The molecule has 0 amide bonds. The summed E-state index contributed by atoms with van der Waals surface area (Å²) in [6.45, 7) is 0.308. The molecule has 0 heterocycles. The maximum absolute atomic E-state index is 13.8. The second-order valence-electron chi connectivity index (χ2n) is 6.48. The fourth-order valence-electron chi connectivity index (χ4n) is 2.08. The Hall–Kier alpha value is -1.36. The Morgan fingerprint density at radius 1 is 0.667 bits per heavy atom. The summed E-state index contributed by atoms with van der Waals surface area (Å²) in [5.41, 5.74) is 0. The summed E-state index contributed by atoms with van der Waals surface area (Å²) in [6, 6.07) is 0. The first-order valence-electron chi connectivity index (χ1n) is 7.99. The van der Waals surface area contributed by atoms with Crippen molar-refractivity contribution in [3.63, 3.8) is 0 Å². The first-order chi connectivity index (χ1) is 14.1. The predicted molar refractivity (Wildman–Crippen MR) is 75.8 cm³/mol. The molecule has 0 N–H and O–H groups in total. The van der Waals surface area contributed by atoms with E-state index in [1.807, 2.05) is 0 Å². The first-order valence-corrected chi connectivity index (χ1v) is 8.37. The smallest absolute Gasteiger partial charge is 0.393 e. The summed E-state index contributed by atoms with van der Waals surface area (Å²) >= 11 is 3.42. The van der Waals surface area contributed by atoms with Gasteiger partial charge in [-0.15, -0.1) is 0 Å². The van der Waals surface area contributed by atoms with Crippen LogP contribution >= 0.6 is 11.6 Å². The van der Waals surface area contributed by atoms with Crippen LogP contribution in [0.1, 0.15) is 20.3 Å². The highest BCUT2D eigenvalue weighted by molar-refractivity contribution is 6.22. The summed E-state index contributed by atoms with van der Waals surface area (Å²) in [5.74, 6) is -60.9. The van der Waals surface area contributed by atoms with Gasteiger partial charge in [0.05, 0.1) is 13.0 Å². The number of carbonyl (C=O) groups is 1. The minimum atomic E-state index is -8.52. The van der Waals surface area contributed by atoms with Gasteiger partial charge in [0, 0.05) is 5.92 Å². The topological polar surface area (TPSA) is 26.3 Å². The van der Waals surface area contributed by atoms with Crippen molar-refractivity contribution in [2.75, 3.05) is 6.61 Å². The van der Waals surface area contributed by atoms with Gasteiger partial charge in [-0.25, -0.2) is 0 Å². The molecular formula is C14H11ClF16O2. The largest absolute Gasteiger partial charge is 0.466 e. The average Bonchev–Trinajstić information content (AvgIpc) is 2.59. The van der Waals surface area contributed by atoms with Gasteiger partial charge in [0.25, 0.3) is 0 Å². The number of hydrogen-bond acceptors (Lipinski definition) is 2. The SMILES string of the molecule is CCOC(=O)CC(C)C(F)(F)C(F)(F)C(F)(F)C(F)(F)C(F)(F)C(F)(F)C(F)(F)C(F)(F)Cl. The lowest BCUT2D eigenvalue weighted by Gasteiger charge is -2.43. The Balaban J connectivity index is 6.61. The lowest BCUT2D eigenvalue weighted by Crippen LogP contribution is -2.74. The van der Waals surface area contributed by atoms with Gasteiger partial charge in [-0.05, 0) is 18.5 Å². The molecule has 198 valence electrons. The van der Waals surface area contributed by atoms with Crippen molar-refractivity contribution in [3.05, 3.63) is 0 Å². The fourth-order valence-corrected chi connectivity index (χ4v) is 2.20. The molecule has 0 saturated heterocycles. The first kappa shape index (κ1) is 31.6. The molecule has 0 aliphatic carbocycles. The molecule has 0 radical (unpaired) electrons. The van der Waals surface area contributed by atoms with Crippen molar-refractivity contribution in [1.82, 2.24) is 0 Å². The lowest BCUT2D eigenvalue weighted by atomic mass is 9.85. The molecule has 0 rings (SSSR count). The van der Waals surface area contributed by atoms with Crippen LogP contribution in [0.4, 0.5) is 70.2 Å². The number of alkyl halides is 17. The maximum Gasteiger partial charge on any atom is 0.393 e. The number of rotatable bonds is 11. The summed E-state index contributed by atoms with van der Waals surface area (Å²) in [5, 5.41) is -6.83. The molecule has 0 aromatic heterocycles. The van der Waals surface area contributed by atoms with Crippen molar-refractivity contribution in [2.24, 2.45) is 5.92 Å². The third kappa shape index (κ3) is 4.51. The molecule has 0 aliphatic heterocycles. The number of hydrogen-bond donors (Lipinski definition) is 0. The highest BCUT2D eigenvalue weighted by atomic mass is 35.5. The summed E-state index contributed by atoms with van der Waals surface area (Å²) in [7, 11) is 0. The van der Waals surface area contributed by atoms with E-state index in [2.05, 4.69) is 16.3 Å². The zero-order chi connectivity index (χ0) is 27.3. The molecule has 0 aromatic rings. The predicted octanol–water partition coefficient (Wildman–Crippen LogP) is 6.85. The molecule has 0 saturated carbocycles. The van der Waals surface area contributed by atoms with Crippen LogP contribution in [0.3, 0.4) is 0 Å². The second kappa shape index (κ2) is 8.70.